The van der Waals surface area contributed by atoms with Gasteiger partial charge in [-0.05, 0) is 43.5 Å². The number of aliphatic imine (C=N–C) groups is 1. The molecule has 2 rings (SSSR count). The first-order chi connectivity index (χ1) is 12.3. The third-order valence-corrected chi connectivity index (χ3v) is 5.20. The first kappa shape index (κ1) is 23.4. The Labute approximate surface area is 179 Å². The zero-order valence-corrected chi connectivity index (χ0v) is 19.4. The van der Waals surface area contributed by atoms with Crippen LogP contribution in [0.25, 0.3) is 0 Å². The van der Waals surface area contributed by atoms with Gasteiger partial charge in [-0.2, -0.15) is 0 Å². The molecule has 0 heterocycles. The van der Waals surface area contributed by atoms with E-state index in [1.807, 2.05) is 32.0 Å². The van der Waals surface area contributed by atoms with E-state index in [2.05, 4.69) is 40.7 Å². The topological polar surface area (TPSA) is 70.6 Å². The fourth-order valence-corrected chi connectivity index (χ4v) is 3.70. The standard InChI is InChI=1S/C20H27N3O2S.HI/c1-5-21-20(22-13-17-8-6-7-15(2)11-17)23-14-18-9-10-19(16(3)12-18)26(4,24)25;/h6-12H,5,13-14H2,1-4H3,(H2,21,22,23);1H. The smallest absolute Gasteiger partial charge is 0.191 e. The van der Waals surface area contributed by atoms with E-state index in [0.717, 1.165) is 29.2 Å². The van der Waals surface area contributed by atoms with Crippen LogP contribution in [0.5, 0.6) is 0 Å². The second-order valence-electron chi connectivity index (χ2n) is 6.41. The molecule has 2 aromatic rings. The predicted octanol–water partition coefficient (Wildman–Crippen LogP) is 3.58. The van der Waals surface area contributed by atoms with Crippen molar-refractivity contribution in [3.05, 3.63) is 64.7 Å². The second kappa shape index (κ2) is 10.7. The van der Waals surface area contributed by atoms with Gasteiger partial charge in [-0.25, -0.2) is 13.4 Å². The summed E-state index contributed by atoms with van der Waals surface area (Å²) in [7, 11) is -3.19. The normalized spacial score (nSPS) is 11.6. The number of halogens is 1. The maximum atomic E-state index is 11.7. The molecule has 0 aliphatic rings. The van der Waals surface area contributed by atoms with Crippen LogP contribution in [-0.2, 0) is 22.9 Å². The lowest BCUT2D eigenvalue weighted by atomic mass is 10.1. The Hall–Kier alpha value is -1.61. The summed E-state index contributed by atoms with van der Waals surface area (Å²) in [6.07, 6.45) is 1.23. The maximum Gasteiger partial charge on any atom is 0.191 e. The third kappa shape index (κ3) is 7.50. The molecular formula is C20H28IN3O2S. The van der Waals surface area contributed by atoms with Crippen LogP contribution in [0.4, 0.5) is 0 Å². The monoisotopic (exact) mass is 501 g/mol. The van der Waals surface area contributed by atoms with Gasteiger partial charge in [0, 0.05) is 19.3 Å². The Morgan fingerprint density at radius 1 is 1.04 bits per heavy atom. The van der Waals surface area contributed by atoms with Gasteiger partial charge in [-0.3, -0.25) is 0 Å². The van der Waals surface area contributed by atoms with Crippen molar-refractivity contribution in [1.29, 1.82) is 0 Å². The van der Waals surface area contributed by atoms with E-state index in [-0.39, 0.29) is 24.0 Å². The highest BCUT2D eigenvalue weighted by molar-refractivity contribution is 14.0. The highest BCUT2D eigenvalue weighted by Gasteiger charge is 2.10. The van der Waals surface area contributed by atoms with Crippen molar-refractivity contribution < 1.29 is 8.42 Å². The minimum absolute atomic E-state index is 0. The molecule has 27 heavy (non-hydrogen) atoms. The average Bonchev–Trinajstić information content (AvgIpc) is 2.56. The molecule has 0 aliphatic heterocycles. The third-order valence-electron chi connectivity index (χ3n) is 3.95. The lowest BCUT2D eigenvalue weighted by molar-refractivity contribution is 0.601. The molecule has 7 heteroatoms. The number of guanidine groups is 1. The molecule has 0 spiro atoms. The van der Waals surface area contributed by atoms with Gasteiger partial charge in [0.1, 0.15) is 0 Å². The molecule has 0 aliphatic carbocycles. The fourth-order valence-electron chi connectivity index (χ4n) is 2.75. The van der Waals surface area contributed by atoms with E-state index in [0.29, 0.717) is 18.0 Å². The predicted molar refractivity (Wildman–Crippen MR) is 123 cm³/mol. The van der Waals surface area contributed by atoms with Crippen molar-refractivity contribution in [1.82, 2.24) is 10.6 Å². The number of nitrogens with one attached hydrogen (secondary N) is 2. The van der Waals surface area contributed by atoms with Gasteiger partial charge in [-0.15, -0.1) is 24.0 Å². The van der Waals surface area contributed by atoms with E-state index in [1.165, 1.54) is 11.8 Å². The van der Waals surface area contributed by atoms with Crippen molar-refractivity contribution in [2.75, 3.05) is 12.8 Å². The fraction of sp³-hybridized carbons (Fsp3) is 0.350. The Morgan fingerprint density at radius 3 is 2.37 bits per heavy atom. The van der Waals surface area contributed by atoms with E-state index < -0.39 is 9.84 Å². The lowest BCUT2D eigenvalue weighted by Gasteiger charge is -2.13. The summed E-state index contributed by atoms with van der Waals surface area (Å²) < 4.78 is 23.4. The van der Waals surface area contributed by atoms with Crippen LogP contribution in [0.15, 0.2) is 52.4 Å². The maximum absolute atomic E-state index is 11.7. The number of nitrogens with zero attached hydrogens (tertiary/aromatic N) is 1. The lowest BCUT2D eigenvalue weighted by Crippen LogP contribution is -2.36. The Bertz CT molecular complexity index is 896. The summed E-state index contributed by atoms with van der Waals surface area (Å²) >= 11 is 0. The summed E-state index contributed by atoms with van der Waals surface area (Å²) in [5.74, 6) is 0.735. The quantitative estimate of drug-likeness (QED) is 0.361. The Morgan fingerprint density at radius 2 is 1.78 bits per heavy atom. The second-order valence-corrected chi connectivity index (χ2v) is 8.39. The van der Waals surface area contributed by atoms with E-state index in [1.54, 1.807) is 6.07 Å². The van der Waals surface area contributed by atoms with E-state index in [4.69, 9.17) is 0 Å². The molecule has 2 aromatic carbocycles. The number of rotatable bonds is 6. The van der Waals surface area contributed by atoms with Crippen molar-refractivity contribution in [2.45, 2.75) is 38.8 Å². The van der Waals surface area contributed by atoms with Gasteiger partial charge in [0.2, 0.25) is 0 Å². The summed E-state index contributed by atoms with van der Waals surface area (Å²) in [5.41, 5.74) is 4.15. The van der Waals surface area contributed by atoms with Crippen LogP contribution in [0, 0.1) is 13.8 Å². The SMILES string of the molecule is CCNC(=NCc1cccc(C)c1)NCc1ccc(S(C)(=O)=O)c(C)c1.I. The van der Waals surface area contributed by atoms with Gasteiger partial charge in [0.05, 0.1) is 11.4 Å². The van der Waals surface area contributed by atoms with Crippen molar-refractivity contribution >= 4 is 39.8 Å². The molecule has 0 aromatic heterocycles. The van der Waals surface area contributed by atoms with Crippen LogP contribution in [0.3, 0.4) is 0 Å². The van der Waals surface area contributed by atoms with Gasteiger partial charge >= 0.3 is 0 Å². The molecule has 0 bridgehead atoms. The number of hydrogen-bond donors (Lipinski definition) is 2. The molecule has 5 nitrogen and oxygen atoms in total. The first-order valence-electron chi connectivity index (χ1n) is 8.67. The molecule has 2 N–H and O–H groups in total. The van der Waals surface area contributed by atoms with Crippen LogP contribution in [-0.4, -0.2) is 27.2 Å². The van der Waals surface area contributed by atoms with Crippen molar-refractivity contribution in [2.24, 2.45) is 4.99 Å². The summed E-state index contributed by atoms with van der Waals surface area (Å²) in [5, 5.41) is 6.53. The van der Waals surface area contributed by atoms with Gasteiger partial charge < -0.3 is 10.6 Å². The Kier molecular flexibility index (Phi) is 9.25. The van der Waals surface area contributed by atoms with E-state index >= 15 is 0 Å². The number of sulfone groups is 1. The molecule has 0 saturated heterocycles. The number of hydrogen-bond acceptors (Lipinski definition) is 3. The molecule has 0 atom stereocenters. The largest absolute Gasteiger partial charge is 0.357 e. The molecule has 0 radical (unpaired) electrons. The van der Waals surface area contributed by atoms with Crippen molar-refractivity contribution in [3.8, 4) is 0 Å². The average molecular weight is 501 g/mol. The summed E-state index contributed by atoms with van der Waals surface area (Å²) in [4.78, 5) is 4.99. The molecule has 0 saturated carbocycles. The molecule has 0 unspecified atom stereocenters. The van der Waals surface area contributed by atoms with E-state index in [9.17, 15) is 8.42 Å². The molecule has 148 valence electrons. The van der Waals surface area contributed by atoms with Gasteiger partial charge in [0.25, 0.3) is 0 Å². The minimum Gasteiger partial charge on any atom is -0.357 e. The minimum atomic E-state index is -3.19. The van der Waals surface area contributed by atoms with Crippen LogP contribution in [0.1, 0.15) is 29.2 Å². The molecular weight excluding hydrogens is 473 g/mol. The van der Waals surface area contributed by atoms with Gasteiger partial charge in [0.15, 0.2) is 15.8 Å². The summed E-state index contributed by atoms with van der Waals surface area (Å²) in [6.45, 7) is 7.85. The Balaban J connectivity index is 0.00000364. The highest BCUT2D eigenvalue weighted by Crippen LogP contribution is 2.16. The first-order valence-corrected chi connectivity index (χ1v) is 10.6. The number of aryl methyl sites for hydroxylation is 2. The number of benzene rings is 2. The summed E-state index contributed by atoms with van der Waals surface area (Å²) in [6, 6.07) is 13.7. The zero-order valence-electron chi connectivity index (χ0n) is 16.2. The molecule has 0 amide bonds. The van der Waals surface area contributed by atoms with Crippen molar-refractivity contribution in [3.63, 3.8) is 0 Å². The van der Waals surface area contributed by atoms with Crippen LogP contribution >= 0.6 is 24.0 Å². The van der Waals surface area contributed by atoms with Gasteiger partial charge in [-0.1, -0.05) is 42.0 Å². The highest BCUT2D eigenvalue weighted by atomic mass is 127. The van der Waals surface area contributed by atoms with Crippen LogP contribution in [0.2, 0.25) is 0 Å². The molecule has 0 fully saturated rings. The van der Waals surface area contributed by atoms with Crippen LogP contribution < -0.4 is 10.6 Å². The zero-order chi connectivity index (χ0) is 19.2.